The lowest BCUT2D eigenvalue weighted by atomic mass is 9.99. The molecule has 1 amide bonds. The Morgan fingerprint density at radius 1 is 1.17 bits per heavy atom. The topological polar surface area (TPSA) is 36.1 Å². The van der Waals surface area contributed by atoms with Gasteiger partial charge in [-0.05, 0) is 41.3 Å². The second-order valence-corrected chi connectivity index (χ2v) is 6.01. The molecule has 1 aliphatic heterocycles. The summed E-state index contributed by atoms with van der Waals surface area (Å²) in [6.07, 6.45) is 3.05. The number of aromatic amines is 1. The van der Waals surface area contributed by atoms with E-state index in [9.17, 15) is 9.18 Å². The first-order valence-electron chi connectivity index (χ1n) is 7.81. The van der Waals surface area contributed by atoms with Gasteiger partial charge in [0.25, 0.3) is 0 Å². The zero-order chi connectivity index (χ0) is 15.8. The number of fused-ring (bicyclic) bond motifs is 2. The van der Waals surface area contributed by atoms with Crippen LogP contribution in [0.3, 0.4) is 0 Å². The predicted octanol–water partition coefficient (Wildman–Crippen LogP) is 3.43. The fraction of sp³-hybridized carbons (Fsp3) is 0.211. The average Bonchev–Trinajstić information content (AvgIpc) is 2.96. The van der Waals surface area contributed by atoms with E-state index >= 15 is 0 Å². The first-order chi connectivity index (χ1) is 11.2. The number of nitrogens with zero attached hydrogens (tertiary/aromatic N) is 1. The van der Waals surface area contributed by atoms with Crippen LogP contribution in [0.2, 0.25) is 0 Å². The van der Waals surface area contributed by atoms with Crippen LogP contribution < -0.4 is 0 Å². The number of amides is 1. The lowest BCUT2D eigenvalue weighted by Gasteiger charge is -2.29. The maximum atomic E-state index is 13.2. The molecule has 4 rings (SSSR count). The molecule has 0 saturated heterocycles. The third kappa shape index (κ3) is 2.61. The van der Waals surface area contributed by atoms with Gasteiger partial charge in [0, 0.05) is 30.2 Å². The number of benzene rings is 2. The van der Waals surface area contributed by atoms with Crippen molar-refractivity contribution in [2.45, 2.75) is 19.4 Å². The van der Waals surface area contributed by atoms with Crippen molar-refractivity contribution in [2.75, 3.05) is 6.54 Å². The van der Waals surface area contributed by atoms with Crippen LogP contribution in [0, 0.1) is 5.82 Å². The van der Waals surface area contributed by atoms with Crippen LogP contribution in [0.25, 0.3) is 10.9 Å². The van der Waals surface area contributed by atoms with Gasteiger partial charge in [0.1, 0.15) is 5.82 Å². The summed E-state index contributed by atoms with van der Waals surface area (Å²) in [5.41, 5.74) is 4.22. The van der Waals surface area contributed by atoms with Gasteiger partial charge in [0.15, 0.2) is 0 Å². The molecule has 2 heterocycles. The number of hydrogen-bond donors (Lipinski definition) is 1. The first kappa shape index (κ1) is 14.0. The van der Waals surface area contributed by atoms with Crippen molar-refractivity contribution >= 4 is 16.8 Å². The van der Waals surface area contributed by atoms with Crippen molar-refractivity contribution in [1.82, 2.24) is 9.88 Å². The first-order valence-corrected chi connectivity index (χ1v) is 7.81. The van der Waals surface area contributed by atoms with Crippen LogP contribution in [0.5, 0.6) is 0 Å². The zero-order valence-corrected chi connectivity index (χ0v) is 12.7. The molecule has 0 unspecified atom stereocenters. The summed E-state index contributed by atoms with van der Waals surface area (Å²) in [4.78, 5) is 17.6. The summed E-state index contributed by atoms with van der Waals surface area (Å²) in [5.74, 6) is -0.158. The summed E-state index contributed by atoms with van der Waals surface area (Å²) in [6, 6.07) is 12.9. The maximum Gasteiger partial charge on any atom is 0.227 e. The van der Waals surface area contributed by atoms with Gasteiger partial charge in [-0.3, -0.25) is 4.79 Å². The van der Waals surface area contributed by atoms with Gasteiger partial charge in [-0.1, -0.05) is 24.3 Å². The van der Waals surface area contributed by atoms with Gasteiger partial charge < -0.3 is 9.88 Å². The van der Waals surface area contributed by atoms with Crippen molar-refractivity contribution < 1.29 is 9.18 Å². The minimum absolute atomic E-state index is 0.115. The van der Waals surface area contributed by atoms with E-state index in [4.69, 9.17) is 0 Å². The summed E-state index contributed by atoms with van der Waals surface area (Å²) in [5, 5.41) is 0.914. The smallest absolute Gasteiger partial charge is 0.227 e. The number of rotatable bonds is 2. The van der Waals surface area contributed by atoms with E-state index in [1.54, 1.807) is 12.3 Å². The van der Waals surface area contributed by atoms with Crippen LogP contribution in [-0.2, 0) is 24.2 Å². The van der Waals surface area contributed by atoms with Crippen LogP contribution >= 0.6 is 0 Å². The number of carbonyl (C=O) groups is 1. The fourth-order valence-corrected chi connectivity index (χ4v) is 3.29. The summed E-state index contributed by atoms with van der Waals surface area (Å²) < 4.78 is 13.2. The van der Waals surface area contributed by atoms with Crippen LogP contribution in [-0.4, -0.2) is 22.3 Å². The Morgan fingerprint density at radius 2 is 2.00 bits per heavy atom. The Balaban J connectivity index is 1.54. The van der Waals surface area contributed by atoms with E-state index in [0.717, 1.165) is 29.4 Å². The lowest BCUT2D eigenvalue weighted by Crippen LogP contribution is -2.36. The highest BCUT2D eigenvalue weighted by molar-refractivity contribution is 5.89. The van der Waals surface area contributed by atoms with Crippen LogP contribution in [0.15, 0.2) is 48.7 Å². The summed E-state index contributed by atoms with van der Waals surface area (Å²) in [6.45, 7) is 1.43. The number of aromatic nitrogens is 1. The molecular formula is C19H17FN2O. The van der Waals surface area contributed by atoms with E-state index in [-0.39, 0.29) is 11.7 Å². The number of hydrogen-bond acceptors (Lipinski definition) is 1. The minimum atomic E-state index is -0.273. The molecule has 0 aliphatic carbocycles. The van der Waals surface area contributed by atoms with Crippen LogP contribution in [0.4, 0.5) is 4.39 Å². The van der Waals surface area contributed by atoms with E-state index in [1.165, 1.54) is 23.3 Å². The van der Waals surface area contributed by atoms with Crippen molar-refractivity contribution in [1.29, 1.82) is 0 Å². The molecule has 0 atom stereocenters. The second kappa shape index (κ2) is 5.54. The van der Waals surface area contributed by atoms with Crippen molar-refractivity contribution in [3.8, 4) is 0 Å². The SMILES string of the molecule is O=C(Cc1c[nH]c2cc(F)ccc12)N1CCc2ccccc2C1. The number of H-pyrrole nitrogens is 1. The van der Waals surface area contributed by atoms with Crippen molar-refractivity contribution in [2.24, 2.45) is 0 Å². The maximum absolute atomic E-state index is 13.2. The van der Waals surface area contributed by atoms with Gasteiger partial charge in [-0.15, -0.1) is 0 Å². The van der Waals surface area contributed by atoms with Gasteiger partial charge in [-0.2, -0.15) is 0 Å². The minimum Gasteiger partial charge on any atom is -0.361 e. The molecule has 1 aromatic heterocycles. The molecule has 0 bridgehead atoms. The molecule has 0 spiro atoms. The highest BCUT2D eigenvalue weighted by atomic mass is 19.1. The Hall–Kier alpha value is -2.62. The Bertz CT molecular complexity index is 884. The standard InChI is InChI=1S/C19H17FN2O/c20-16-5-6-17-15(11-21-18(17)10-16)9-19(23)22-8-7-13-3-1-2-4-14(13)12-22/h1-6,10-11,21H,7-9,12H2. The molecule has 0 saturated carbocycles. The van der Waals surface area contributed by atoms with Crippen molar-refractivity contribution in [3.63, 3.8) is 0 Å². The number of halogens is 1. The van der Waals surface area contributed by atoms with Gasteiger partial charge in [0.2, 0.25) is 5.91 Å². The van der Waals surface area contributed by atoms with Gasteiger partial charge in [0.05, 0.1) is 6.42 Å². The predicted molar refractivity (Wildman–Crippen MR) is 87.5 cm³/mol. The third-order valence-electron chi connectivity index (χ3n) is 4.55. The molecular weight excluding hydrogens is 291 g/mol. The van der Waals surface area contributed by atoms with E-state index in [2.05, 4.69) is 17.1 Å². The van der Waals surface area contributed by atoms with E-state index < -0.39 is 0 Å². The van der Waals surface area contributed by atoms with Crippen molar-refractivity contribution in [3.05, 3.63) is 71.2 Å². The Labute approximate surface area is 133 Å². The van der Waals surface area contributed by atoms with E-state index in [0.29, 0.717) is 13.0 Å². The normalized spacial score (nSPS) is 14.0. The average molecular weight is 308 g/mol. The monoisotopic (exact) mass is 308 g/mol. The molecule has 23 heavy (non-hydrogen) atoms. The van der Waals surface area contributed by atoms with Gasteiger partial charge >= 0.3 is 0 Å². The number of carbonyl (C=O) groups excluding carboxylic acids is 1. The van der Waals surface area contributed by atoms with Gasteiger partial charge in [-0.25, -0.2) is 4.39 Å². The molecule has 1 N–H and O–H groups in total. The highest BCUT2D eigenvalue weighted by Crippen LogP contribution is 2.22. The highest BCUT2D eigenvalue weighted by Gasteiger charge is 2.21. The van der Waals surface area contributed by atoms with E-state index in [1.807, 2.05) is 17.0 Å². The summed E-state index contributed by atoms with van der Waals surface area (Å²) in [7, 11) is 0. The Kier molecular flexibility index (Phi) is 3.37. The summed E-state index contributed by atoms with van der Waals surface area (Å²) >= 11 is 0. The Morgan fingerprint density at radius 3 is 2.87 bits per heavy atom. The molecule has 3 aromatic rings. The molecule has 0 fully saturated rings. The largest absolute Gasteiger partial charge is 0.361 e. The van der Waals surface area contributed by atoms with Crippen LogP contribution in [0.1, 0.15) is 16.7 Å². The third-order valence-corrected chi connectivity index (χ3v) is 4.55. The molecule has 0 radical (unpaired) electrons. The quantitative estimate of drug-likeness (QED) is 0.773. The molecule has 2 aromatic carbocycles. The lowest BCUT2D eigenvalue weighted by molar-refractivity contribution is -0.131. The number of nitrogens with one attached hydrogen (secondary N) is 1. The second-order valence-electron chi connectivity index (χ2n) is 6.01. The zero-order valence-electron chi connectivity index (χ0n) is 12.7. The molecule has 4 heteroatoms. The molecule has 116 valence electrons. The molecule has 1 aliphatic rings. The molecule has 3 nitrogen and oxygen atoms in total. The fourth-order valence-electron chi connectivity index (χ4n) is 3.29.